The molecule has 0 bridgehead atoms. The number of benzene rings is 2. The zero-order valence-electron chi connectivity index (χ0n) is 17.1. The van der Waals surface area contributed by atoms with Crippen molar-refractivity contribution in [2.75, 3.05) is 31.1 Å². The molecule has 0 saturated carbocycles. The van der Waals surface area contributed by atoms with Gasteiger partial charge < -0.3 is 14.4 Å². The Morgan fingerprint density at radius 2 is 1.71 bits per heavy atom. The molecule has 6 heteroatoms. The number of hydrogen-bond donors (Lipinski definition) is 1. The van der Waals surface area contributed by atoms with Crippen LogP contribution in [0.2, 0.25) is 0 Å². The van der Waals surface area contributed by atoms with E-state index in [1.165, 1.54) is 6.07 Å². The first-order valence-corrected chi connectivity index (χ1v) is 10.4. The summed E-state index contributed by atoms with van der Waals surface area (Å²) >= 11 is 0. The van der Waals surface area contributed by atoms with Crippen LogP contribution in [0.4, 0.5) is 5.82 Å². The standard InChI is InChI=1S/C25H23N3O3/c29-22-15-21-19(17-27-10-12-28(13-11-27)24-8-4-5-9-26-24)14-25(30)31-23(21)16-20(22)18-6-2-1-3-7-18/h1-9,14-16,29H,10-13,17H2. The van der Waals surface area contributed by atoms with Gasteiger partial charge in [0.1, 0.15) is 17.2 Å². The van der Waals surface area contributed by atoms with Crippen LogP contribution < -0.4 is 10.5 Å². The van der Waals surface area contributed by atoms with Crippen LogP contribution in [0.15, 0.2) is 82.1 Å². The van der Waals surface area contributed by atoms with E-state index in [-0.39, 0.29) is 11.4 Å². The largest absolute Gasteiger partial charge is 0.507 e. The van der Waals surface area contributed by atoms with Gasteiger partial charge in [-0.25, -0.2) is 9.78 Å². The van der Waals surface area contributed by atoms with Crippen molar-refractivity contribution in [3.63, 3.8) is 0 Å². The van der Waals surface area contributed by atoms with Crippen LogP contribution >= 0.6 is 0 Å². The van der Waals surface area contributed by atoms with E-state index in [2.05, 4.69) is 14.8 Å². The monoisotopic (exact) mass is 413 g/mol. The lowest BCUT2D eigenvalue weighted by Crippen LogP contribution is -2.46. The van der Waals surface area contributed by atoms with E-state index < -0.39 is 0 Å². The lowest BCUT2D eigenvalue weighted by Gasteiger charge is -2.35. The highest BCUT2D eigenvalue weighted by molar-refractivity contribution is 5.88. The fraction of sp³-hybridized carbons (Fsp3) is 0.200. The van der Waals surface area contributed by atoms with Gasteiger partial charge in [-0.3, -0.25) is 4.90 Å². The van der Waals surface area contributed by atoms with Crippen LogP contribution in [0.1, 0.15) is 5.56 Å². The van der Waals surface area contributed by atoms with Gasteiger partial charge in [0.05, 0.1) is 0 Å². The SMILES string of the molecule is O=c1cc(CN2CCN(c3ccccn3)CC2)c2cc(O)c(-c3ccccc3)cc2o1. The van der Waals surface area contributed by atoms with Gasteiger partial charge >= 0.3 is 5.63 Å². The van der Waals surface area contributed by atoms with Gasteiger partial charge in [-0.2, -0.15) is 0 Å². The predicted molar refractivity (Wildman–Crippen MR) is 121 cm³/mol. The number of fused-ring (bicyclic) bond motifs is 1. The smallest absolute Gasteiger partial charge is 0.336 e. The average molecular weight is 413 g/mol. The molecular formula is C25H23N3O3. The van der Waals surface area contributed by atoms with Crippen LogP contribution in [0.5, 0.6) is 5.75 Å². The van der Waals surface area contributed by atoms with E-state index in [1.807, 2.05) is 54.7 Å². The number of piperazine rings is 1. The molecule has 2 aromatic carbocycles. The van der Waals surface area contributed by atoms with E-state index in [0.717, 1.165) is 48.5 Å². The molecule has 31 heavy (non-hydrogen) atoms. The first kappa shape index (κ1) is 19.3. The van der Waals surface area contributed by atoms with E-state index >= 15 is 0 Å². The Balaban J connectivity index is 1.40. The first-order valence-electron chi connectivity index (χ1n) is 10.4. The van der Waals surface area contributed by atoms with Crippen molar-refractivity contribution in [2.45, 2.75) is 6.54 Å². The summed E-state index contributed by atoms with van der Waals surface area (Å²) in [5.74, 6) is 1.17. The molecule has 0 aliphatic carbocycles. The second-order valence-electron chi connectivity index (χ2n) is 7.77. The van der Waals surface area contributed by atoms with Gasteiger partial charge in [-0.1, -0.05) is 36.4 Å². The summed E-state index contributed by atoms with van der Waals surface area (Å²) in [6, 6.07) is 20.5. The molecule has 2 aromatic heterocycles. The number of phenols is 1. The molecule has 1 N–H and O–H groups in total. The Labute approximate surface area is 180 Å². The molecule has 0 atom stereocenters. The Morgan fingerprint density at radius 3 is 2.45 bits per heavy atom. The van der Waals surface area contributed by atoms with Gasteiger partial charge in [0.15, 0.2) is 0 Å². The third-order valence-electron chi connectivity index (χ3n) is 5.77. The summed E-state index contributed by atoms with van der Waals surface area (Å²) < 4.78 is 5.48. The highest BCUT2D eigenvalue weighted by atomic mass is 16.4. The van der Waals surface area contributed by atoms with Gasteiger partial charge in [0.25, 0.3) is 0 Å². The number of anilines is 1. The van der Waals surface area contributed by atoms with Crippen LogP contribution in [-0.4, -0.2) is 41.2 Å². The first-order chi connectivity index (χ1) is 15.2. The highest BCUT2D eigenvalue weighted by Crippen LogP contribution is 2.34. The van der Waals surface area contributed by atoms with Crippen LogP contribution in [0.3, 0.4) is 0 Å². The second-order valence-corrected chi connectivity index (χ2v) is 7.77. The number of hydrogen-bond acceptors (Lipinski definition) is 6. The van der Waals surface area contributed by atoms with Crippen LogP contribution in [0, 0.1) is 0 Å². The topological polar surface area (TPSA) is 69.8 Å². The molecule has 4 aromatic rings. The number of phenolic OH excluding ortho intramolecular Hbond substituents is 1. The maximum atomic E-state index is 12.3. The summed E-state index contributed by atoms with van der Waals surface area (Å²) in [4.78, 5) is 21.3. The Hall–Kier alpha value is -3.64. The van der Waals surface area contributed by atoms with Crippen molar-refractivity contribution in [1.82, 2.24) is 9.88 Å². The third-order valence-corrected chi connectivity index (χ3v) is 5.77. The quantitative estimate of drug-likeness (QED) is 0.512. The normalized spacial score (nSPS) is 14.8. The number of nitrogens with zero attached hydrogens (tertiary/aromatic N) is 3. The molecule has 1 fully saturated rings. The van der Waals surface area contributed by atoms with E-state index in [1.54, 1.807) is 12.1 Å². The van der Waals surface area contributed by atoms with Crippen molar-refractivity contribution in [1.29, 1.82) is 0 Å². The molecule has 1 saturated heterocycles. The molecule has 5 rings (SSSR count). The fourth-order valence-corrected chi connectivity index (χ4v) is 4.16. The van der Waals surface area contributed by atoms with Crippen molar-refractivity contribution in [3.05, 3.63) is 88.9 Å². The Kier molecular flexibility index (Phi) is 5.14. The molecule has 0 amide bonds. The number of aromatic nitrogens is 1. The summed E-state index contributed by atoms with van der Waals surface area (Å²) in [7, 11) is 0. The lowest BCUT2D eigenvalue weighted by molar-refractivity contribution is 0.249. The lowest BCUT2D eigenvalue weighted by atomic mass is 10.0. The Morgan fingerprint density at radius 1 is 0.935 bits per heavy atom. The summed E-state index contributed by atoms with van der Waals surface area (Å²) in [5.41, 5.74) is 2.51. The molecule has 0 radical (unpaired) electrons. The minimum absolute atomic E-state index is 0.175. The average Bonchev–Trinajstić information content (AvgIpc) is 2.81. The molecule has 3 heterocycles. The second kappa shape index (κ2) is 8.24. The highest BCUT2D eigenvalue weighted by Gasteiger charge is 2.20. The summed E-state index contributed by atoms with van der Waals surface area (Å²) in [5, 5.41) is 11.4. The Bertz CT molecular complexity index is 1250. The van der Waals surface area contributed by atoms with Crippen molar-refractivity contribution in [3.8, 4) is 16.9 Å². The molecular weight excluding hydrogens is 390 g/mol. The zero-order valence-corrected chi connectivity index (χ0v) is 17.1. The summed E-state index contributed by atoms with van der Waals surface area (Å²) in [6.45, 7) is 4.11. The fourth-order valence-electron chi connectivity index (χ4n) is 4.16. The molecule has 6 nitrogen and oxygen atoms in total. The van der Waals surface area contributed by atoms with Crippen LogP contribution in [-0.2, 0) is 6.54 Å². The van der Waals surface area contributed by atoms with Crippen molar-refractivity contribution in [2.24, 2.45) is 0 Å². The number of aromatic hydroxyl groups is 1. The molecule has 1 aliphatic heterocycles. The van der Waals surface area contributed by atoms with E-state index in [9.17, 15) is 9.90 Å². The van der Waals surface area contributed by atoms with Gasteiger partial charge in [-0.05, 0) is 35.4 Å². The van der Waals surface area contributed by atoms with Gasteiger partial charge in [-0.15, -0.1) is 0 Å². The molecule has 0 unspecified atom stereocenters. The van der Waals surface area contributed by atoms with Gasteiger partial charge in [0.2, 0.25) is 0 Å². The number of pyridine rings is 1. The molecule has 0 spiro atoms. The van der Waals surface area contributed by atoms with Crippen LogP contribution in [0.25, 0.3) is 22.1 Å². The van der Waals surface area contributed by atoms with Crippen molar-refractivity contribution < 1.29 is 9.52 Å². The maximum Gasteiger partial charge on any atom is 0.336 e. The van der Waals surface area contributed by atoms with E-state index in [4.69, 9.17) is 4.42 Å². The minimum Gasteiger partial charge on any atom is -0.507 e. The summed E-state index contributed by atoms with van der Waals surface area (Å²) in [6.07, 6.45) is 1.81. The van der Waals surface area contributed by atoms with Gasteiger partial charge in [0, 0.05) is 55.9 Å². The predicted octanol–water partition coefficient (Wildman–Crippen LogP) is 3.88. The molecule has 156 valence electrons. The zero-order chi connectivity index (χ0) is 21.2. The molecule has 1 aliphatic rings. The minimum atomic E-state index is -0.376. The number of rotatable bonds is 4. The third kappa shape index (κ3) is 4.02. The van der Waals surface area contributed by atoms with Crippen molar-refractivity contribution >= 4 is 16.8 Å². The maximum absolute atomic E-state index is 12.3. The van der Waals surface area contributed by atoms with E-state index in [0.29, 0.717) is 17.7 Å².